The van der Waals surface area contributed by atoms with Crippen LogP contribution in [0.15, 0.2) is 6.20 Å². The number of nitrogen functional groups attached to an aromatic ring is 1. The Balaban J connectivity index is 2.06. The van der Waals surface area contributed by atoms with Crippen LogP contribution < -0.4 is 5.73 Å². The molecular weight excluding hydrogens is 196 g/mol. The lowest BCUT2D eigenvalue weighted by Gasteiger charge is -2.17. The molecule has 1 saturated heterocycles. The lowest BCUT2D eigenvalue weighted by atomic mass is 10.4. The van der Waals surface area contributed by atoms with Gasteiger partial charge in [-0.2, -0.15) is 0 Å². The highest BCUT2D eigenvalue weighted by molar-refractivity contribution is 5.91. The molecule has 2 heterocycles. The average Bonchev–Trinajstić information content (AvgIpc) is 2.53. The van der Waals surface area contributed by atoms with E-state index < -0.39 is 0 Å². The van der Waals surface area contributed by atoms with Crippen molar-refractivity contribution < 1.29 is 9.53 Å². The molecule has 1 aliphatic rings. The SMILES string of the molecule is Nc1c[nH]c(C(=O)N2CCCOCC2)n1. The number of carbonyl (C=O) groups excluding carboxylic acids is 1. The summed E-state index contributed by atoms with van der Waals surface area (Å²) in [5.74, 6) is 0.524. The molecular formula is C9H14N4O2. The van der Waals surface area contributed by atoms with Gasteiger partial charge in [-0.1, -0.05) is 0 Å². The predicted octanol–water partition coefficient (Wildman–Crippen LogP) is -0.146. The summed E-state index contributed by atoms with van der Waals surface area (Å²) < 4.78 is 5.27. The third-order valence-corrected chi connectivity index (χ3v) is 2.31. The van der Waals surface area contributed by atoms with Crippen LogP contribution in [0.25, 0.3) is 0 Å². The molecule has 0 radical (unpaired) electrons. The van der Waals surface area contributed by atoms with Crippen molar-refractivity contribution in [2.24, 2.45) is 0 Å². The van der Waals surface area contributed by atoms with Gasteiger partial charge < -0.3 is 20.4 Å². The summed E-state index contributed by atoms with van der Waals surface area (Å²) in [6.07, 6.45) is 2.38. The highest BCUT2D eigenvalue weighted by Gasteiger charge is 2.19. The molecule has 6 heteroatoms. The fourth-order valence-electron chi connectivity index (χ4n) is 1.54. The second-order valence-corrected chi connectivity index (χ2v) is 3.43. The van der Waals surface area contributed by atoms with Crippen LogP contribution in [0.4, 0.5) is 5.82 Å². The Morgan fingerprint density at radius 1 is 1.53 bits per heavy atom. The molecule has 0 bridgehead atoms. The largest absolute Gasteiger partial charge is 0.382 e. The van der Waals surface area contributed by atoms with Crippen LogP contribution in [-0.4, -0.2) is 47.1 Å². The standard InChI is InChI=1S/C9H14N4O2/c10-7-6-11-8(12-7)9(14)13-2-1-4-15-5-3-13/h6H,1-5,10H2,(H,11,12). The van der Waals surface area contributed by atoms with Crippen LogP contribution in [0, 0.1) is 0 Å². The molecule has 1 aromatic rings. The molecule has 1 amide bonds. The van der Waals surface area contributed by atoms with Gasteiger partial charge in [0.25, 0.3) is 5.91 Å². The third kappa shape index (κ3) is 2.27. The average molecular weight is 210 g/mol. The number of nitrogens with zero attached hydrogens (tertiary/aromatic N) is 2. The Labute approximate surface area is 87.4 Å². The molecule has 0 spiro atoms. The number of aromatic nitrogens is 2. The summed E-state index contributed by atoms with van der Waals surface area (Å²) in [7, 11) is 0. The summed E-state index contributed by atoms with van der Waals surface area (Å²) in [6.45, 7) is 2.62. The molecule has 1 aromatic heterocycles. The lowest BCUT2D eigenvalue weighted by molar-refractivity contribution is 0.0730. The maximum Gasteiger partial charge on any atom is 0.289 e. The van der Waals surface area contributed by atoms with E-state index in [-0.39, 0.29) is 5.91 Å². The molecule has 82 valence electrons. The van der Waals surface area contributed by atoms with Gasteiger partial charge in [0.15, 0.2) is 5.82 Å². The van der Waals surface area contributed by atoms with Crippen LogP contribution in [0.3, 0.4) is 0 Å². The van der Waals surface area contributed by atoms with E-state index in [1.807, 2.05) is 0 Å². The number of hydrogen-bond acceptors (Lipinski definition) is 4. The molecule has 1 aliphatic heterocycles. The van der Waals surface area contributed by atoms with Crippen LogP contribution >= 0.6 is 0 Å². The Bertz CT molecular complexity index is 342. The Morgan fingerprint density at radius 2 is 2.40 bits per heavy atom. The minimum atomic E-state index is -0.114. The first-order chi connectivity index (χ1) is 7.27. The van der Waals surface area contributed by atoms with E-state index in [2.05, 4.69) is 9.97 Å². The molecule has 0 aromatic carbocycles. The number of nitrogens with two attached hydrogens (primary N) is 1. The molecule has 1 fully saturated rings. The van der Waals surface area contributed by atoms with Crippen LogP contribution in [0.5, 0.6) is 0 Å². The van der Waals surface area contributed by atoms with E-state index in [0.717, 1.165) is 6.42 Å². The van der Waals surface area contributed by atoms with E-state index in [0.29, 0.717) is 37.9 Å². The van der Waals surface area contributed by atoms with Gasteiger partial charge >= 0.3 is 0 Å². The van der Waals surface area contributed by atoms with Gasteiger partial charge in [-0.25, -0.2) is 4.98 Å². The Hall–Kier alpha value is -1.56. The zero-order valence-corrected chi connectivity index (χ0v) is 8.40. The second-order valence-electron chi connectivity index (χ2n) is 3.43. The van der Waals surface area contributed by atoms with E-state index in [1.165, 1.54) is 6.20 Å². The molecule has 3 N–H and O–H groups in total. The fourth-order valence-corrected chi connectivity index (χ4v) is 1.54. The van der Waals surface area contributed by atoms with Crippen LogP contribution in [0.2, 0.25) is 0 Å². The van der Waals surface area contributed by atoms with Crippen LogP contribution in [0.1, 0.15) is 17.0 Å². The molecule has 6 nitrogen and oxygen atoms in total. The number of H-pyrrole nitrogens is 1. The number of aromatic amines is 1. The zero-order chi connectivity index (χ0) is 10.7. The summed E-state index contributed by atoms with van der Waals surface area (Å²) in [4.78, 5) is 20.3. The summed E-state index contributed by atoms with van der Waals surface area (Å²) in [5.41, 5.74) is 5.44. The monoisotopic (exact) mass is 210 g/mol. The number of nitrogens with one attached hydrogen (secondary N) is 1. The molecule has 0 unspecified atom stereocenters. The van der Waals surface area contributed by atoms with Crippen molar-refractivity contribution in [1.29, 1.82) is 0 Å². The van der Waals surface area contributed by atoms with Gasteiger partial charge in [0, 0.05) is 25.9 Å². The van der Waals surface area contributed by atoms with Crippen molar-refractivity contribution in [2.75, 3.05) is 32.0 Å². The molecule has 0 saturated carbocycles. The molecule has 0 atom stereocenters. The molecule has 2 rings (SSSR count). The first-order valence-corrected chi connectivity index (χ1v) is 4.95. The van der Waals surface area contributed by atoms with Crippen molar-refractivity contribution >= 4 is 11.7 Å². The van der Waals surface area contributed by atoms with E-state index in [1.54, 1.807) is 4.90 Å². The predicted molar refractivity (Wildman–Crippen MR) is 54.3 cm³/mol. The van der Waals surface area contributed by atoms with Gasteiger partial charge in [0.05, 0.1) is 6.61 Å². The Morgan fingerprint density at radius 3 is 3.13 bits per heavy atom. The topological polar surface area (TPSA) is 84.2 Å². The smallest absolute Gasteiger partial charge is 0.289 e. The van der Waals surface area contributed by atoms with Gasteiger partial charge in [0.2, 0.25) is 0 Å². The third-order valence-electron chi connectivity index (χ3n) is 2.31. The minimum Gasteiger partial charge on any atom is -0.382 e. The van der Waals surface area contributed by atoms with E-state index in [9.17, 15) is 4.79 Å². The van der Waals surface area contributed by atoms with Gasteiger partial charge in [-0.3, -0.25) is 4.79 Å². The number of anilines is 1. The van der Waals surface area contributed by atoms with Gasteiger partial charge in [-0.05, 0) is 6.42 Å². The number of amides is 1. The zero-order valence-electron chi connectivity index (χ0n) is 8.40. The van der Waals surface area contributed by atoms with E-state index >= 15 is 0 Å². The Kier molecular flexibility index (Phi) is 2.86. The maximum absolute atomic E-state index is 11.9. The normalized spacial score (nSPS) is 17.5. The van der Waals surface area contributed by atoms with Crippen molar-refractivity contribution in [1.82, 2.24) is 14.9 Å². The summed E-state index contributed by atoms with van der Waals surface area (Å²) >= 11 is 0. The first-order valence-electron chi connectivity index (χ1n) is 4.95. The van der Waals surface area contributed by atoms with E-state index in [4.69, 9.17) is 10.5 Å². The summed E-state index contributed by atoms with van der Waals surface area (Å²) in [5, 5.41) is 0. The van der Waals surface area contributed by atoms with Gasteiger partial charge in [-0.15, -0.1) is 0 Å². The van der Waals surface area contributed by atoms with Crippen LogP contribution in [-0.2, 0) is 4.74 Å². The maximum atomic E-state index is 11.9. The number of rotatable bonds is 1. The fraction of sp³-hybridized carbons (Fsp3) is 0.556. The summed E-state index contributed by atoms with van der Waals surface area (Å²) in [6, 6.07) is 0. The molecule has 15 heavy (non-hydrogen) atoms. The first kappa shape index (κ1) is 9.97. The van der Waals surface area contributed by atoms with Gasteiger partial charge in [0.1, 0.15) is 5.82 Å². The lowest BCUT2D eigenvalue weighted by Crippen LogP contribution is -2.33. The number of imidazole rings is 1. The minimum absolute atomic E-state index is 0.114. The molecule has 0 aliphatic carbocycles. The second kappa shape index (κ2) is 4.31. The van der Waals surface area contributed by atoms with Crippen molar-refractivity contribution in [3.63, 3.8) is 0 Å². The quantitative estimate of drug-likeness (QED) is 0.675. The number of ether oxygens (including phenoxy) is 1. The van der Waals surface area contributed by atoms with Crippen molar-refractivity contribution in [2.45, 2.75) is 6.42 Å². The highest BCUT2D eigenvalue weighted by atomic mass is 16.5. The number of carbonyl (C=O) groups is 1. The van der Waals surface area contributed by atoms with Crippen molar-refractivity contribution in [3.8, 4) is 0 Å². The number of hydrogen-bond donors (Lipinski definition) is 2. The van der Waals surface area contributed by atoms with Crippen molar-refractivity contribution in [3.05, 3.63) is 12.0 Å². The highest BCUT2D eigenvalue weighted by Crippen LogP contribution is 2.06.